The van der Waals surface area contributed by atoms with Gasteiger partial charge in [0.2, 0.25) is 11.8 Å². The van der Waals surface area contributed by atoms with Gasteiger partial charge < -0.3 is 0 Å². The van der Waals surface area contributed by atoms with Gasteiger partial charge >= 0.3 is 0 Å². The Morgan fingerprint density at radius 3 is 2.44 bits per heavy atom. The van der Waals surface area contributed by atoms with E-state index in [1.807, 2.05) is 20.8 Å². The van der Waals surface area contributed by atoms with Gasteiger partial charge in [-0.15, -0.1) is 0 Å². The highest BCUT2D eigenvalue weighted by Crippen LogP contribution is 2.12. The summed E-state index contributed by atoms with van der Waals surface area (Å²) in [4.78, 5) is 9.16. The van der Waals surface area contributed by atoms with E-state index in [-0.39, 0.29) is 10.6 Å². The topological polar surface area (TPSA) is 59.3 Å². The van der Waals surface area contributed by atoms with Crippen molar-refractivity contribution in [3.63, 3.8) is 0 Å². The number of hydroxylamine groups is 1. The highest BCUT2D eigenvalue weighted by atomic mass is 32.2. The SMILES string of the molecule is CO/[N+](=C\c1cccnc1S(C)(=O)=O)C(C)(C)C. The van der Waals surface area contributed by atoms with E-state index in [2.05, 4.69) is 4.98 Å². The first-order valence-electron chi connectivity index (χ1n) is 5.49. The quantitative estimate of drug-likeness (QED) is 0.472. The van der Waals surface area contributed by atoms with Crippen molar-refractivity contribution in [2.45, 2.75) is 31.3 Å². The second kappa shape index (κ2) is 5.06. The van der Waals surface area contributed by atoms with E-state index in [4.69, 9.17) is 4.84 Å². The monoisotopic (exact) mass is 271 g/mol. The molecule has 0 radical (unpaired) electrons. The van der Waals surface area contributed by atoms with Crippen molar-refractivity contribution in [2.75, 3.05) is 13.4 Å². The number of rotatable bonds is 3. The Morgan fingerprint density at radius 1 is 1.39 bits per heavy atom. The molecule has 0 saturated heterocycles. The van der Waals surface area contributed by atoms with Crippen LogP contribution in [0.2, 0.25) is 0 Å². The summed E-state index contributed by atoms with van der Waals surface area (Å²) in [5, 5.41) is 0.0521. The lowest BCUT2D eigenvalue weighted by Crippen LogP contribution is -2.33. The van der Waals surface area contributed by atoms with Crippen molar-refractivity contribution in [1.82, 2.24) is 4.98 Å². The van der Waals surface area contributed by atoms with Gasteiger partial charge in [0.15, 0.2) is 14.9 Å². The van der Waals surface area contributed by atoms with Gasteiger partial charge in [-0.2, -0.15) is 0 Å². The van der Waals surface area contributed by atoms with Gasteiger partial charge in [0.1, 0.15) is 7.11 Å². The van der Waals surface area contributed by atoms with Crippen molar-refractivity contribution in [3.8, 4) is 0 Å². The number of aromatic nitrogens is 1. The third-order valence-electron chi connectivity index (χ3n) is 2.27. The summed E-state index contributed by atoms with van der Waals surface area (Å²) < 4.78 is 24.9. The number of nitrogens with zero attached hydrogens (tertiary/aromatic N) is 2. The van der Waals surface area contributed by atoms with E-state index in [9.17, 15) is 8.42 Å². The van der Waals surface area contributed by atoms with Crippen LogP contribution in [0.15, 0.2) is 23.4 Å². The Kier molecular flexibility index (Phi) is 4.11. The van der Waals surface area contributed by atoms with Crippen LogP contribution >= 0.6 is 0 Å². The Hall–Kier alpha value is -1.43. The molecule has 0 aliphatic carbocycles. The number of hydrogen-bond acceptors (Lipinski definition) is 4. The molecule has 1 heterocycles. The van der Waals surface area contributed by atoms with Crippen LogP contribution in [0.4, 0.5) is 0 Å². The molecule has 0 aliphatic heterocycles. The fourth-order valence-corrected chi connectivity index (χ4v) is 2.26. The van der Waals surface area contributed by atoms with Gasteiger partial charge in [0.25, 0.3) is 0 Å². The number of sulfone groups is 1. The molecule has 1 aromatic heterocycles. The Balaban J connectivity index is 3.40. The van der Waals surface area contributed by atoms with E-state index in [1.165, 1.54) is 13.3 Å². The summed E-state index contributed by atoms with van der Waals surface area (Å²) >= 11 is 0. The molecule has 0 unspecified atom stereocenters. The van der Waals surface area contributed by atoms with Gasteiger partial charge in [-0.1, -0.05) is 0 Å². The molecule has 0 atom stereocenters. The number of pyridine rings is 1. The molecule has 0 aliphatic rings. The Morgan fingerprint density at radius 2 is 2.00 bits per heavy atom. The van der Waals surface area contributed by atoms with Crippen molar-refractivity contribution >= 4 is 16.1 Å². The maximum atomic E-state index is 11.6. The normalized spacial score (nSPS) is 13.5. The molecule has 0 amide bonds. The van der Waals surface area contributed by atoms with Gasteiger partial charge in [-0.3, -0.25) is 4.84 Å². The standard InChI is InChI=1S/C12H19N2O3S/c1-12(2,3)14(17-4)9-10-7-6-8-13-11(10)18(5,15)16/h6-9H,1-5H3/q+1. The van der Waals surface area contributed by atoms with E-state index >= 15 is 0 Å². The van der Waals surface area contributed by atoms with Gasteiger partial charge in [0, 0.05) is 33.2 Å². The van der Waals surface area contributed by atoms with Crippen LogP contribution in [-0.2, 0) is 14.7 Å². The molecule has 1 aromatic rings. The minimum atomic E-state index is -3.36. The Bertz CT molecular complexity index is 557. The predicted octanol–water partition coefficient (Wildman–Crippen LogP) is 1.28. The third kappa shape index (κ3) is 3.53. The fraction of sp³-hybridized carbons (Fsp3) is 0.500. The molecule has 6 heteroatoms. The van der Waals surface area contributed by atoms with E-state index in [0.29, 0.717) is 5.56 Å². The van der Waals surface area contributed by atoms with Crippen molar-refractivity contribution in [3.05, 3.63) is 23.9 Å². The number of hydrogen-bond donors (Lipinski definition) is 0. The minimum Gasteiger partial charge on any atom is -0.280 e. The maximum absolute atomic E-state index is 11.6. The van der Waals surface area contributed by atoms with Gasteiger partial charge in [-0.25, -0.2) is 13.4 Å². The first-order valence-corrected chi connectivity index (χ1v) is 7.39. The van der Waals surface area contributed by atoms with E-state index in [1.54, 1.807) is 23.1 Å². The molecular weight excluding hydrogens is 252 g/mol. The zero-order valence-corrected chi connectivity index (χ0v) is 12.2. The molecule has 0 fully saturated rings. The molecule has 18 heavy (non-hydrogen) atoms. The molecule has 0 aromatic carbocycles. The van der Waals surface area contributed by atoms with Crippen molar-refractivity contribution in [1.29, 1.82) is 0 Å². The smallest absolute Gasteiger partial charge is 0.226 e. The lowest BCUT2D eigenvalue weighted by atomic mass is 10.1. The first kappa shape index (κ1) is 14.6. The molecule has 0 bridgehead atoms. The molecule has 0 spiro atoms. The van der Waals surface area contributed by atoms with Crippen molar-refractivity contribution < 1.29 is 18.0 Å². The zero-order chi connectivity index (χ0) is 14.0. The zero-order valence-electron chi connectivity index (χ0n) is 11.3. The van der Waals surface area contributed by atoms with Crippen LogP contribution in [0.25, 0.3) is 0 Å². The maximum Gasteiger partial charge on any atom is 0.226 e. The van der Waals surface area contributed by atoms with Crippen LogP contribution in [-0.4, -0.2) is 43.3 Å². The lowest BCUT2D eigenvalue weighted by molar-refractivity contribution is -0.821. The highest BCUT2D eigenvalue weighted by molar-refractivity contribution is 7.90. The highest BCUT2D eigenvalue weighted by Gasteiger charge is 2.27. The summed E-state index contributed by atoms with van der Waals surface area (Å²) in [5.74, 6) is 0. The second-order valence-corrected chi connectivity index (χ2v) is 6.91. The van der Waals surface area contributed by atoms with Gasteiger partial charge in [0.05, 0.1) is 5.56 Å². The molecule has 0 N–H and O–H groups in total. The summed E-state index contributed by atoms with van der Waals surface area (Å²) in [5.41, 5.74) is 0.232. The molecule has 1 rings (SSSR count). The lowest BCUT2D eigenvalue weighted by Gasteiger charge is -2.13. The van der Waals surface area contributed by atoms with Crippen LogP contribution in [0.1, 0.15) is 26.3 Å². The van der Waals surface area contributed by atoms with E-state index < -0.39 is 9.84 Å². The third-order valence-corrected chi connectivity index (χ3v) is 3.31. The molecular formula is C12H19N2O3S+. The first-order chi connectivity index (χ1) is 8.16. The summed E-state index contributed by atoms with van der Waals surface area (Å²) in [6.45, 7) is 5.89. The summed E-state index contributed by atoms with van der Waals surface area (Å²) in [7, 11) is -1.82. The second-order valence-electron chi connectivity index (χ2n) is 4.98. The summed E-state index contributed by atoms with van der Waals surface area (Å²) in [6.07, 6.45) is 4.24. The minimum absolute atomic E-state index is 0.0521. The van der Waals surface area contributed by atoms with Gasteiger partial charge in [-0.05, 0) is 16.9 Å². The van der Waals surface area contributed by atoms with Crippen LogP contribution in [0.5, 0.6) is 0 Å². The fourth-order valence-electron chi connectivity index (χ4n) is 1.46. The van der Waals surface area contributed by atoms with Crippen LogP contribution < -0.4 is 0 Å². The van der Waals surface area contributed by atoms with Crippen molar-refractivity contribution in [2.24, 2.45) is 0 Å². The van der Waals surface area contributed by atoms with Crippen LogP contribution in [0.3, 0.4) is 0 Å². The molecule has 100 valence electrons. The average molecular weight is 271 g/mol. The van der Waals surface area contributed by atoms with E-state index in [0.717, 1.165) is 6.26 Å². The predicted molar refractivity (Wildman–Crippen MR) is 69.5 cm³/mol. The average Bonchev–Trinajstić information content (AvgIpc) is 2.23. The molecule has 0 saturated carbocycles. The van der Waals surface area contributed by atoms with Crippen LogP contribution in [0, 0.1) is 0 Å². The largest absolute Gasteiger partial charge is 0.280 e. The summed E-state index contributed by atoms with van der Waals surface area (Å²) in [6, 6.07) is 3.39. The Labute approximate surface area is 108 Å². The molecule has 5 nitrogen and oxygen atoms in total.